The van der Waals surface area contributed by atoms with Crippen LogP contribution in [0.1, 0.15) is 65.2 Å². The Kier molecular flexibility index (Phi) is 5.11. The second-order valence-electron chi connectivity index (χ2n) is 10.4. The number of hydrogen-bond acceptors (Lipinski definition) is 7. The molecule has 0 unspecified atom stereocenters. The van der Waals surface area contributed by atoms with Gasteiger partial charge in [0.05, 0.1) is 42.5 Å². The van der Waals surface area contributed by atoms with Crippen molar-refractivity contribution < 1.29 is 35.1 Å². The molecule has 4 aliphatic rings. The lowest BCUT2D eigenvalue weighted by molar-refractivity contribution is -0.293. The molecule has 0 bridgehead atoms. The van der Waals surface area contributed by atoms with Gasteiger partial charge in [-0.3, -0.25) is 4.79 Å². The molecule has 4 rings (SSSR count). The Morgan fingerprint density at radius 2 is 1.79 bits per heavy atom. The van der Waals surface area contributed by atoms with Crippen molar-refractivity contribution in [1.29, 1.82) is 0 Å². The van der Waals surface area contributed by atoms with Gasteiger partial charge in [0.2, 0.25) is 0 Å². The third-order valence-corrected chi connectivity index (χ3v) is 9.45. The summed E-state index contributed by atoms with van der Waals surface area (Å²) in [5.74, 6) is -1.58. The molecule has 0 aromatic carbocycles. The first kappa shape index (κ1) is 21.5. The molecule has 0 aromatic rings. The maximum Gasteiger partial charge on any atom is 0.309 e. The van der Waals surface area contributed by atoms with E-state index in [0.29, 0.717) is 38.5 Å². The number of aliphatic hydroxyl groups is 5. The molecule has 0 heterocycles. The molecule has 0 aromatic heterocycles. The zero-order valence-electron chi connectivity index (χ0n) is 17.5. The number of carbonyl (C=O) groups excluding carboxylic acids is 1. The van der Waals surface area contributed by atoms with E-state index < -0.39 is 46.1 Å². The van der Waals surface area contributed by atoms with Crippen LogP contribution in [0.4, 0.5) is 0 Å². The number of hydrogen-bond donors (Lipinski definition) is 5. The second-order valence-corrected chi connectivity index (χ2v) is 10.4. The van der Waals surface area contributed by atoms with Crippen LogP contribution in [0.25, 0.3) is 0 Å². The zero-order valence-corrected chi connectivity index (χ0v) is 17.5. The molecular formula is C22H36O7. The van der Waals surface area contributed by atoms with E-state index in [1.807, 2.05) is 6.92 Å². The average molecular weight is 413 g/mol. The molecule has 0 spiro atoms. The summed E-state index contributed by atoms with van der Waals surface area (Å²) in [4.78, 5) is 12.6. The first-order valence-electron chi connectivity index (χ1n) is 11.2. The molecule has 7 nitrogen and oxygen atoms in total. The molecule has 4 fully saturated rings. The number of carbonyl (C=O) groups is 1. The fourth-order valence-electron chi connectivity index (χ4n) is 8.02. The summed E-state index contributed by atoms with van der Waals surface area (Å²) in [6.45, 7) is 3.64. The second kappa shape index (κ2) is 6.89. The predicted molar refractivity (Wildman–Crippen MR) is 104 cm³/mol. The third kappa shape index (κ3) is 2.64. The van der Waals surface area contributed by atoms with Gasteiger partial charge in [-0.1, -0.05) is 6.92 Å². The highest BCUT2D eigenvalue weighted by molar-refractivity contribution is 5.74. The molecule has 0 aliphatic heterocycles. The first-order valence-corrected chi connectivity index (χ1v) is 11.2. The lowest BCUT2D eigenvalue weighted by atomic mass is 9.41. The van der Waals surface area contributed by atoms with Crippen LogP contribution in [0, 0.1) is 28.6 Å². The Morgan fingerprint density at radius 1 is 1.07 bits per heavy atom. The van der Waals surface area contributed by atoms with E-state index in [4.69, 9.17) is 4.74 Å². The van der Waals surface area contributed by atoms with Gasteiger partial charge in [-0.25, -0.2) is 0 Å². The fourth-order valence-corrected chi connectivity index (χ4v) is 8.02. The summed E-state index contributed by atoms with van der Waals surface area (Å²) in [5.41, 5.74) is -4.17. The van der Waals surface area contributed by atoms with E-state index in [1.54, 1.807) is 6.92 Å². The first-order chi connectivity index (χ1) is 13.6. The maximum absolute atomic E-state index is 12.6. The molecule has 0 amide bonds. The summed E-state index contributed by atoms with van der Waals surface area (Å²) in [5, 5.41) is 55.4. The highest BCUT2D eigenvalue weighted by Crippen LogP contribution is 2.69. The van der Waals surface area contributed by atoms with Crippen molar-refractivity contribution in [3.8, 4) is 0 Å². The third-order valence-electron chi connectivity index (χ3n) is 9.45. The van der Waals surface area contributed by atoms with Crippen LogP contribution >= 0.6 is 0 Å². The molecule has 29 heavy (non-hydrogen) atoms. The fraction of sp³-hybridized carbons (Fsp3) is 0.955. The Morgan fingerprint density at radius 3 is 2.45 bits per heavy atom. The van der Waals surface area contributed by atoms with Gasteiger partial charge in [0.25, 0.3) is 0 Å². The summed E-state index contributed by atoms with van der Waals surface area (Å²) in [7, 11) is 0. The van der Waals surface area contributed by atoms with Crippen molar-refractivity contribution in [3.05, 3.63) is 0 Å². The van der Waals surface area contributed by atoms with E-state index >= 15 is 0 Å². The Balaban J connectivity index is 1.74. The predicted octanol–water partition coefficient (Wildman–Crippen LogP) is 0.742. The van der Waals surface area contributed by atoms with Gasteiger partial charge in [0, 0.05) is 23.2 Å². The number of rotatable bonds is 3. The molecule has 7 heteroatoms. The van der Waals surface area contributed by atoms with Crippen molar-refractivity contribution in [3.63, 3.8) is 0 Å². The van der Waals surface area contributed by atoms with Crippen LogP contribution in [0.15, 0.2) is 0 Å². The Bertz CT molecular complexity index is 670. The van der Waals surface area contributed by atoms with Crippen molar-refractivity contribution >= 4 is 5.97 Å². The molecule has 0 saturated heterocycles. The lowest BCUT2D eigenvalue weighted by Gasteiger charge is -2.67. The van der Waals surface area contributed by atoms with Gasteiger partial charge in [-0.15, -0.1) is 0 Å². The van der Waals surface area contributed by atoms with Crippen LogP contribution in [0.2, 0.25) is 0 Å². The van der Waals surface area contributed by atoms with Gasteiger partial charge in [-0.2, -0.15) is 0 Å². The topological polar surface area (TPSA) is 127 Å². The summed E-state index contributed by atoms with van der Waals surface area (Å²) in [6, 6.07) is 0. The number of esters is 1. The van der Waals surface area contributed by atoms with Gasteiger partial charge in [-0.05, 0) is 57.8 Å². The minimum atomic E-state index is -1.26. The Hall–Kier alpha value is -0.730. The summed E-state index contributed by atoms with van der Waals surface area (Å²) in [6.07, 6.45) is 1.63. The zero-order chi connectivity index (χ0) is 21.2. The van der Waals surface area contributed by atoms with Crippen LogP contribution in [-0.2, 0) is 9.53 Å². The monoisotopic (exact) mass is 412 g/mol. The van der Waals surface area contributed by atoms with Gasteiger partial charge >= 0.3 is 5.97 Å². The quantitative estimate of drug-likeness (QED) is 0.433. The Labute approximate surface area is 172 Å². The minimum Gasteiger partial charge on any atom is -0.466 e. The molecule has 9 atom stereocenters. The molecule has 4 saturated carbocycles. The summed E-state index contributed by atoms with van der Waals surface area (Å²) >= 11 is 0. The number of aliphatic hydroxyl groups excluding tert-OH is 3. The van der Waals surface area contributed by atoms with Gasteiger partial charge in [0.15, 0.2) is 0 Å². The maximum atomic E-state index is 12.6. The van der Waals surface area contributed by atoms with E-state index in [1.165, 1.54) is 0 Å². The van der Waals surface area contributed by atoms with Crippen molar-refractivity contribution in [1.82, 2.24) is 0 Å². The van der Waals surface area contributed by atoms with Crippen molar-refractivity contribution in [2.24, 2.45) is 28.6 Å². The molecule has 5 N–H and O–H groups in total. The standard InChI is InChI=1S/C22H36O7/c1-3-29-18(26)15-6-9-22(28)14-5-8-21(27)10-13(24)4-7-20(21,12-23)17(14)16(25)11-19(15,22)2/h13-17,23-25,27-28H,3-12H2,1-2H3/t13-,14-,15-,16-,17-,19-,20-,21+,22-/m0/s1. The minimum absolute atomic E-state index is 0.185. The van der Waals surface area contributed by atoms with Crippen LogP contribution in [0.3, 0.4) is 0 Å². The van der Waals surface area contributed by atoms with Crippen LogP contribution < -0.4 is 0 Å². The van der Waals surface area contributed by atoms with E-state index in [-0.39, 0.29) is 37.9 Å². The van der Waals surface area contributed by atoms with E-state index in [2.05, 4.69) is 0 Å². The number of ether oxygens (including phenoxy) is 1. The number of fused-ring (bicyclic) bond motifs is 5. The van der Waals surface area contributed by atoms with E-state index in [0.717, 1.165) is 0 Å². The van der Waals surface area contributed by atoms with Gasteiger partial charge < -0.3 is 30.3 Å². The molecule has 0 radical (unpaired) electrons. The smallest absolute Gasteiger partial charge is 0.309 e. The largest absolute Gasteiger partial charge is 0.466 e. The molecular weight excluding hydrogens is 376 g/mol. The van der Waals surface area contributed by atoms with Crippen LogP contribution in [-0.4, -0.2) is 68.1 Å². The van der Waals surface area contributed by atoms with Crippen molar-refractivity contribution in [2.45, 2.75) is 88.6 Å². The van der Waals surface area contributed by atoms with Crippen LogP contribution in [0.5, 0.6) is 0 Å². The van der Waals surface area contributed by atoms with E-state index in [9.17, 15) is 30.3 Å². The van der Waals surface area contributed by atoms with Gasteiger partial charge in [0.1, 0.15) is 0 Å². The molecule has 4 aliphatic carbocycles. The average Bonchev–Trinajstić information content (AvgIpc) is 2.92. The SMILES string of the molecule is CCOC(=O)[C@@H]1CC[C@]2(O)[C@H]3CC[C@@]4(O)C[C@@H](O)CC[C@]4(CO)[C@@H]3[C@@H](O)C[C@@]12C. The van der Waals surface area contributed by atoms with Crippen molar-refractivity contribution in [2.75, 3.05) is 13.2 Å². The highest BCUT2D eigenvalue weighted by atomic mass is 16.5. The highest BCUT2D eigenvalue weighted by Gasteiger charge is 2.73. The lowest BCUT2D eigenvalue weighted by Crippen LogP contribution is -2.72. The molecule has 166 valence electrons. The summed E-state index contributed by atoms with van der Waals surface area (Å²) < 4.78 is 5.27. The normalized spacial score (nSPS) is 54.2.